The summed E-state index contributed by atoms with van der Waals surface area (Å²) in [6, 6.07) is 2.62. The minimum absolute atomic E-state index is 0.493. The van der Waals surface area contributed by atoms with Crippen LogP contribution in [0.3, 0.4) is 0 Å². The van der Waals surface area contributed by atoms with Gasteiger partial charge in [0.25, 0.3) is 0 Å². The number of hydrogen-bond donors (Lipinski definition) is 2. The molecule has 1 heterocycles. The van der Waals surface area contributed by atoms with Crippen LogP contribution < -0.4 is 10.6 Å². The molecule has 0 aliphatic rings. The van der Waals surface area contributed by atoms with Gasteiger partial charge in [-0.25, -0.2) is 0 Å². The number of anilines is 2. The summed E-state index contributed by atoms with van der Waals surface area (Å²) in [6.45, 7) is 7.59. The normalized spacial score (nSPS) is 12.2. The van der Waals surface area contributed by atoms with E-state index in [9.17, 15) is 0 Å². The summed E-state index contributed by atoms with van der Waals surface area (Å²) >= 11 is 1.99. The van der Waals surface area contributed by atoms with Crippen LogP contribution >= 0.6 is 11.8 Å². The minimum Gasteiger partial charge on any atom is -0.384 e. The molecule has 0 saturated carbocycles. The van der Waals surface area contributed by atoms with Crippen LogP contribution in [0.25, 0.3) is 0 Å². The standard InChI is InChI=1S/C14H25N3S/c1-4-7-16-13-9-14(11-15-10-13)17-12(3)6-8-18-5-2/h9-12,16-17H,4-8H2,1-3H3. The summed E-state index contributed by atoms with van der Waals surface area (Å²) in [7, 11) is 0. The molecule has 0 spiro atoms. The number of rotatable bonds is 9. The molecule has 0 saturated heterocycles. The molecule has 0 aliphatic carbocycles. The van der Waals surface area contributed by atoms with Crippen LogP contribution in [0, 0.1) is 0 Å². The summed E-state index contributed by atoms with van der Waals surface area (Å²) in [5.41, 5.74) is 2.20. The average molecular weight is 267 g/mol. The third-order valence-corrected chi connectivity index (χ3v) is 3.56. The number of aromatic nitrogens is 1. The van der Waals surface area contributed by atoms with E-state index in [-0.39, 0.29) is 0 Å². The summed E-state index contributed by atoms with van der Waals surface area (Å²) in [4.78, 5) is 4.26. The van der Waals surface area contributed by atoms with E-state index in [2.05, 4.69) is 42.5 Å². The van der Waals surface area contributed by atoms with Crippen LogP contribution in [0.5, 0.6) is 0 Å². The first kappa shape index (κ1) is 15.2. The molecule has 0 fully saturated rings. The molecule has 102 valence electrons. The van der Waals surface area contributed by atoms with Gasteiger partial charge in [0.2, 0.25) is 0 Å². The van der Waals surface area contributed by atoms with Crippen molar-refractivity contribution in [3.63, 3.8) is 0 Å². The zero-order chi connectivity index (χ0) is 13.2. The van der Waals surface area contributed by atoms with Gasteiger partial charge in [-0.15, -0.1) is 0 Å². The van der Waals surface area contributed by atoms with Crippen LogP contribution in [-0.4, -0.2) is 29.1 Å². The molecule has 4 heteroatoms. The first-order chi connectivity index (χ1) is 8.76. The highest BCUT2D eigenvalue weighted by molar-refractivity contribution is 7.99. The SMILES string of the molecule is CCCNc1cncc(NC(C)CCSCC)c1. The molecule has 0 radical (unpaired) electrons. The molecular formula is C14H25N3S. The molecule has 18 heavy (non-hydrogen) atoms. The zero-order valence-corrected chi connectivity index (χ0v) is 12.5. The van der Waals surface area contributed by atoms with E-state index in [1.165, 1.54) is 17.9 Å². The third kappa shape index (κ3) is 6.15. The predicted octanol–water partition coefficient (Wildman–Crippen LogP) is 3.85. The van der Waals surface area contributed by atoms with Crippen LogP contribution in [0.4, 0.5) is 11.4 Å². The van der Waals surface area contributed by atoms with Crippen LogP contribution in [0.15, 0.2) is 18.5 Å². The van der Waals surface area contributed by atoms with Crippen molar-refractivity contribution in [1.82, 2.24) is 4.98 Å². The van der Waals surface area contributed by atoms with E-state index in [1.54, 1.807) is 0 Å². The fourth-order valence-electron chi connectivity index (χ4n) is 1.65. The lowest BCUT2D eigenvalue weighted by molar-refractivity contribution is 0.771. The van der Waals surface area contributed by atoms with Crippen LogP contribution in [0.1, 0.15) is 33.6 Å². The first-order valence-corrected chi connectivity index (χ1v) is 7.95. The van der Waals surface area contributed by atoms with Crippen LogP contribution in [-0.2, 0) is 0 Å². The average Bonchev–Trinajstić information content (AvgIpc) is 2.37. The highest BCUT2D eigenvalue weighted by Gasteiger charge is 2.02. The first-order valence-electron chi connectivity index (χ1n) is 6.79. The number of thioether (sulfide) groups is 1. The Balaban J connectivity index is 2.40. The quantitative estimate of drug-likeness (QED) is 0.666. The summed E-state index contributed by atoms with van der Waals surface area (Å²) in [5.74, 6) is 2.41. The van der Waals surface area contributed by atoms with Crippen molar-refractivity contribution in [1.29, 1.82) is 0 Å². The van der Waals surface area contributed by atoms with E-state index < -0.39 is 0 Å². The lowest BCUT2D eigenvalue weighted by Crippen LogP contribution is -2.16. The largest absolute Gasteiger partial charge is 0.384 e. The van der Waals surface area contributed by atoms with Crippen molar-refractivity contribution in [2.24, 2.45) is 0 Å². The van der Waals surface area contributed by atoms with Crippen molar-refractivity contribution in [2.75, 3.05) is 28.7 Å². The van der Waals surface area contributed by atoms with Gasteiger partial charge >= 0.3 is 0 Å². The van der Waals surface area contributed by atoms with Gasteiger partial charge in [0.05, 0.1) is 23.8 Å². The second-order valence-corrected chi connectivity index (χ2v) is 5.81. The van der Waals surface area contributed by atoms with Crippen molar-refractivity contribution in [2.45, 2.75) is 39.7 Å². The Bertz CT molecular complexity index is 331. The summed E-state index contributed by atoms with van der Waals surface area (Å²) < 4.78 is 0. The molecule has 0 bridgehead atoms. The highest BCUT2D eigenvalue weighted by atomic mass is 32.2. The van der Waals surface area contributed by atoms with E-state index >= 15 is 0 Å². The van der Waals surface area contributed by atoms with E-state index in [4.69, 9.17) is 0 Å². The second-order valence-electron chi connectivity index (χ2n) is 4.42. The van der Waals surface area contributed by atoms with Crippen LogP contribution in [0.2, 0.25) is 0 Å². The number of nitrogens with one attached hydrogen (secondary N) is 2. The lowest BCUT2D eigenvalue weighted by atomic mass is 10.2. The van der Waals surface area contributed by atoms with Gasteiger partial charge in [0.15, 0.2) is 0 Å². The molecule has 0 aromatic carbocycles. The second kappa shape index (κ2) is 9.09. The predicted molar refractivity (Wildman–Crippen MR) is 83.7 cm³/mol. The van der Waals surface area contributed by atoms with E-state index in [0.29, 0.717) is 6.04 Å². The summed E-state index contributed by atoms with van der Waals surface area (Å²) in [5, 5.41) is 6.86. The minimum atomic E-state index is 0.493. The molecule has 2 N–H and O–H groups in total. The Morgan fingerprint density at radius 2 is 2.06 bits per heavy atom. The molecule has 3 nitrogen and oxygen atoms in total. The smallest absolute Gasteiger partial charge is 0.0549 e. The van der Waals surface area contributed by atoms with Crippen molar-refractivity contribution in [3.05, 3.63) is 18.5 Å². The summed E-state index contributed by atoms with van der Waals surface area (Å²) in [6.07, 6.45) is 6.08. The Labute approximate surface area is 115 Å². The zero-order valence-electron chi connectivity index (χ0n) is 11.7. The molecule has 1 aromatic rings. The fourth-order valence-corrected chi connectivity index (χ4v) is 2.45. The lowest BCUT2D eigenvalue weighted by Gasteiger charge is -2.15. The monoisotopic (exact) mass is 267 g/mol. The van der Waals surface area contributed by atoms with Crippen molar-refractivity contribution < 1.29 is 0 Å². The maximum Gasteiger partial charge on any atom is 0.0549 e. The fraction of sp³-hybridized carbons (Fsp3) is 0.643. The molecule has 1 rings (SSSR count). The van der Waals surface area contributed by atoms with E-state index in [0.717, 1.165) is 24.3 Å². The highest BCUT2D eigenvalue weighted by Crippen LogP contribution is 2.15. The molecule has 0 aliphatic heterocycles. The maximum atomic E-state index is 4.26. The Hall–Kier alpha value is -0.900. The molecule has 0 amide bonds. The maximum absolute atomic E-state index is 4.26. The van der Waals surface area contributed by atoms with Crippen molar-refractivity contribution >= 4 is 23.1 Å². The van der Waals surface area contributed by atoms with E-state index in [1.807, 2.05) is 24.2 Å². The Morgan fingerprint density at radius 1 is 1.28 bits per heavy atom. The van der Waals surface area contributed by atoms with Gasteiger partial charge in [0, 0.05) is 12.6 Å². The molecule has 1 aromatic heterocycles. The topological polar surface area (TPSA) is 37.0 Å². The molecular weight excluding hydrogens is 242 g/mol. The van der Waals surface area contributed by atoms with Gasteiger partial charge in [-0.1, -0.05) is 13.8 Å². The number of hydrogen-bond acceptors (Lipinski definition) is 4. The van der Waals surface area contributed by atoms with Gasteiger partial charge in [-0.05, 0) is 37.3 Å². The Kier molecular flexibility index (Phi) is 7.65. The molecule has 1 unspecified atom stereocenters. The number of nitrogens with zero attached hydrogens (tertiary/aromatic N) is 1. The van der Waals surface area contributed by atoms with Gasteiger partial charge in [-0.2, -0.15) is 11.8 Å². The van der Waals surface area contributed by atoms with Gasteiger partial charge in [0.1, 0.15) is 0 Å². The van der Waals surface area contributed by atoms with Gasteiger partial charge in [-0.3, -0.25) is 4.98 Å². The van der Waals surface area contributed by atoms with Crippen molar-refractivity contribution in [3.8, 4) is 0 Å². The Morgan fingerprint density at radius 3 is 2.78 bits per heavy atom. The molecule has 1 atom stereocenters. The number of pyridine rings is 1. The van der Waals surface area contributed by atoms with Gasteiger partial charge < -0.3 is 10.6 Å². The third-order valence-electron chi connectivity index (χ3n) is 2.63.